The molecule has 1 saturated heterocycles. The van der Waals surface area contributed by atoms with Crippen molar-refractivity contribution < 1.29 is 9.53 Å². The Morgan fingerprint density at radius 3 is 2.79 bits per heavy atom. The quantitative estimate of drug-likeness (QED) is 0.837. The van der Waals surface area contributed by atoms with E-state index in [2.05, 4.69) is 21.2 Å². The molecule has 1 aliphatic heterocycles. The number of nitrogens with one attached hydrogen (secondary N) is 1. The summed E-state index contributed by atoms with van der Waals surface area (Å²) in [5.74, 6) is 0.836. The average Bonchev–Trinajstić information content (AvgIpc) is 3.09. The van der Waals surface area contributed by atoms with Gasteiger partial charge in [-0.25, -0.2) is 4.79 Å². The number of carbonyl (C=O) groups is 1. The third-order valence-electron chi connectivity index (χ3n) is 4.35. The van der Waals surface area contributed by atoms with E-state index in [1.807, 2.05) is 53.4 Å². The Balaban J connectivity index is 1.64. The van der Waals surface area contributed by atoms with Crippen molar-refractivity contribution in [3.8, 4) is 5.75 Å². The lowest BCUT2D eigenvalue weighted by atomic mass is 10.0. The minimum atomic E-state index is -0.00621. The van der Waals surface area contributed by atoms with Crippen LogP contribution in [0.2, 0.25) is 0 Å². The summed E-state index contributed by atoms with van der Waals surface area (Å²) in [7, 11) is 1.66. The molecule has 4 nitrogen and oxygen atoms in total. The molecule has 5 heteroatoms. The van der Waals surface area contributed by atoms with Gasteiger partial charge in [0.1, 0.15) is 5.75 Å². The van der Waals surface area contributed by atoms with Crippen LogP contribution in [-0.2, 0) is 6.54 Å². The lowest BCUT2D eigenvalue weighted by Gasteiger charge is -2.25. The molecular formula is C19H21BrN2O2. The lowest BCUT2D eigenvalue weighted by Crippen LogP contribution is -2.39. The number of urea groups is 1. The van der Waals surface area contributed by atoms with E-state index < -0.39 is 0 Å². The molecule has 1 fully saturated rings. The molecule has 3 rings (SSSR count). The van der Waals surface area contributed by atoms with Gasteiger partial charge in [-0.05, 0) is 48.2 Å². The summed E-state index contributed by atoms with van der Waals surface area (Å²) < 4.78 is 6.23. The molecule has 2 aromatic rings. The topological polar surface area (TPSA) is 41.6 Å². The highest BCUT2D eigenvalue weighted by atomic mass is 79.9. The molecule has 1 N–H and O–H groups in total. The molecule has 0 spiro atoms. The first-order valence-electron chi connectivity index (χ1n) is 8.10. The Morgan fingerprint density at radius 1 is 1.29 bits per heavy atom. The maximum Gasteiger partial charge on any atom is 0.318 e. The molecule has 24 heavy (non-hydrogen) atoms. The van der Waals surface area contributed by atoms with Gasteiger partial charge in [-0.3, -0.25) is 0 Å². The van der Waals surface area contributed by atoms with Gasteiger partial charge in [-0.15, -0.1) is 0 Å². The van der Waals surface area contributed by atoms with Crippen LogP contribution in [-0.4, -0.2) is 24.6 Å². The first kappa shape index (κ1) is 16.8. The van der Waals surface area contributed by atoms with E-state index in [0.29, 0.717) is 6.54 Å². The molecule has 2 aromatic carbocycles. The van der Waals surface area contributed by atoms with E-state index in [1.54, 1.807) is 7.11 Å². The van der Waals surface area contributed by atoms with Gasteiger partial charge >= 0.3 is 6.03 Å². The largest absolute Gasteiger partial charge is 0.497 e. The van der Waals surface area contributed by atoms with Gasteiger partial charge in [0.15, 0.2) is 0 Å². The summed E-state index contributed by atoms with van der Waals surface area (Å²) in [6, 6.07) is 16.1. The molecule has 1 atom stereocenters. The van der Waals surface area contributed by atoms with Crippen LogP contribution in [0.25, 0.3) is 0 Å². The Hall–Kier alpha value is -2.01. The van der Waals surface area contributed by atoms with Gasteiger partial charge in [0.25, 0.3) is 0 Å². The first-order valence-corrected chi connectivity index (χ1v) is 8.89. The molecule has 0 aliphatic carbocycles. The number of hydrogen-bond acceptors (Lipinski definition) is 2. The number of rotatable bonds is 4. The number of methoxy groups -OCH3 is 1. The van der Waals surface area contributed by atoms with Crippen molar-refractivity contribution in [2.75, 3.05) is 13.7 Å². The van der Waals surface area contributed by atoms with Crippen LogP contribution in [0.1, 0.15) is 30.0 Å². The normalized spacial score (nSPS) is 16.9. The molecular weight excluding hydrogens is 368 g/mol. The summed E-state index contributed by atoms with van der Waals surface area (Å²) in [6.45, 7) is 1.32. The lowest BCUT2D eigenvalue weighted by molar-refractivity contribution is 0.192. The van der Waals surface area contributed by atoms with Crippen molar-refractivity contribution in [2.24, 2.45) is 0 Å². The molecule has 1 aliphatic rings. The minimum absolute atomic E-state index is 0.00621. The second-order valence-electron chi connectivity index (χ2n) is 5.91. The number of nitrogens with zero attached hydrogens (tertiary/aromatic N) is 1. The standard InChI is InChI=1S/C19H21BrN2O2/c1-24-17-9-7-15(8-10-17)18-6-3-11-22(18)19(23)21-13-14-4-2-5-16(20)12-14/h2,4-5,7-10,12,18H,3,6,11,13H2,1H3,(H,21,23). The SMILES string of the molecule is COc1ccc(C2CCCN2C(=O)NCc2cccc(Br)c2)cc1. The van der Waals surface area contributed by atoms with E-state index in [4.69, 9.17) is 4.74 Å². The third kappa shape index (κ3) is 3.90. The van der Waals surface area contributed by atoms with Crippen LogP contribution in [0.4, 0.5) is 4.79 Å². The zero-order valence-electron chi connectivity index (χ0n) is 13.7. The monoisotopic (exact) mass is 388 g/mol. The second kappa shape index (κ2) is 7.71. The van der Waals surface area contributed by atoms with Gasteiger partial charge in [0, 0.05) is 17.6 Å². The van der Waals surface area contributed by atoms with Crippen molar-refractivity contribution in [1.82, 2.24) is 10.2 Å². The molecule has 0 radical (unpaired) electrons. The van der Waals surface area contributed by atoms with Crippen molar-refractivity contribution in [3.63, 3.8) is 0 Å². The van der Waals surface area contributed by atoms with Gasteiger partial charge < -0.3 is 15.0 Å². The van der Waals surface area contributed by atoms with E-state index in [1.165, 1.54) is 0 Å². The predicted molar refractivity (Wildman–Crippen MR) is 98.1 cm³/mol. The summed E-state index contributed by atoms with van der Waals surface area (Å²) in [5, 5.41) is 3.03. The Morgan fingerprint density at radius 2 is 2.08 bits per heavy atom. The highest BCUT2D eigenvalue weighted by Crippen LogP contribution is 2.32. The van der Waals surface area contributed by atoms with E-state index >= 15 is 0 Å². The fraction of sp³-hybridized carbons (Fsp3) is 0.316. The van der Waals surface area contributed by atoms with E-state index in [9.17, 15) is 4.79 Å². The maximum absolute atomic E-state index is 12.6. The van der Waals surface area contributed by atoms with Crippen molar-refractivity contribution >= 4 is 22.0 Å². The fourth-order valence-electron chi connectivity index (χ4n) is 3.11. The smallest absolute Gasteiger partial charge is 0.318 e. The zero-order valence-corrected chi connectivity index (χ0v) is 15.3. The van der Waals surface area contributed by atoms with Crippen LogP contribution in [0.3, 0.4) is 0 Å². The van der Waals surface area contributed by atoms with Gasteiger partial charge in [0.2, 0.25) is 0 Å². The number of amides is 2. The summed E-state index contributed by atoms with van der Waals surface area (Å²) in [6.07, 6.45) is 2.03. The van der Waals surface area contributed by atoms with Crippen LogP contribution in [0.5, 0.6) is 5.75 Å². The summed E-state index contributed by atoms with van der Waals surface area (Å²) in [5.41, 5.74) is 2.24. The Labute approximate surface area is 150 Å². The number of halogens is 1. The van der Waals surface area contributed by atoms with Gasteiger partial charge in [-0.1, -0.05) is 40.2 Å². The van der Waals surface area contributed by atoms with Crippen molar-refractivity contribution in [2.45, 2.75) is 25.4 Å². The number of hydrogen-bond donors (Lipinski definition) is 1. The van der Waals surface area contributed by atoms with E-state index in [0.717, 1.165) is 40.7 Å². The van der Waals surface area contributed by atoms with E-state index in [-0.39, 0.29) is 12.1 Å². The molecule has 0 aromatic heterocycles. The van der Waals surface area contributed by atoms with Crippen LogP contribution in [0.15, 0.2) is 53.0 Å². The fourth-order valence-corrected chi connectivity index (χ4v) is 3.56. The summed E-state index contributed by atoms with van der Waals surface area (Å²) in [4.78, 5) is 14.5. The van der Waals surface area contributed by atoms with Crippen LogP contribution in [0, 0.1) is 0 Å². The molecule has 1 unspecified atom stereocenters. The molecule has 1 heterocycles. The number of ether oxygens (including phenoxy) is 1. The molecule has 0 bridgehead atoms. The highest BCUT2D eigenvalue weighted by molar-refractivity contribution is 9.10. The number of benzene rings is 2. The van der Waals surface area contributed by atoms with Gasteiger partial charge in [-0.2, -0.15) is 0 Å². The predicted octanol–water partition coefficient (Wildman–Crippen LogP) is 4.50. The van der Waals surface area contributed by atoms with Crippen molar-refractivity contribution in [1.29, 1.82) is 0 Å². The maximum atomic E-state index is 12.6. The third-order valence-corrected chi connectivity index (χ3v) is 4.84. The van der Waals surface area contributed by atoms with Crippen LogP contribution < -0.4 is 10.1 Å². The molecule has 0 saturated carbocycles. The molecule has 2 amide bonds. The van der Waals surface area contributed by atoms with Gasteiger partial charge in [0.05, 0.1) is 13.2 Å². The number of carbonyl (C=O) groups excluding carboxylic acids is 1. The molecule has 126 valence electrons. The zero-order chi connectivity index (χ0) is 16.9. The Kier molecular flexibility index (Phi) is 5.41. The second-order valence-corrected chi connectivity index (χ2v) is 6.83. The Bertz CT molecular complexity index is 703. The first-order chi connectivity index (χ1) is 11.7. The highest BCUT2D eigenvalue weighted by Gasteiger charge is 2.29. The average molecular weight is 389 g/mol. The van der Waals surface area contributed by atoms with Crippen molar-refractivity contribution in [3.05, 3.63) is 64.1 Å². The van der Waals surface area contributed by atoms with Crippen LogP contribution >= 0.6 is 15.9 Å². The summed E-state index contributed by atoms with van der Waals surface area (Å²) >= 11 is 3.45. The minimum Gasteiger partial charge on any atom is -0.497 e. The number of likely N-dealkylation sites (tertiary alicyclic amines) is 1.